The molecule has 2 rings (SSSR count). The molecule has 1 aliphatic heterocycles. The van der Waals surface area contributed by atoms with Crippen LogP contribution in [0, 0.1) is 16.0 Å². The van der Waals surface area contributed by atoms with E-state index in [9.17, 15) is 10.1 Å². The molecule has 0 radical (unpaired) electrons. The standard InChI is InChI=1S/C13H19N3O2/c1-10-5-6-15(9-13(10)14)8-11-3-2-4-12(7-11)16(17)18/h2-4,7,10,13H,5-6,8-9,14H2,1H3. The summed E-state index contributed by atoms with van der Waals surface area (Å²) in [6, 6.07) is 7.03. The molecule has 1 aromatic carbocycles. The number of hydrogen-bond donors (Lipinski definition) is 1. The predicted molar refractivity (Wildman–Crippen MR) is 70.1 cm³/mol. The van der Waals surface area contributed by atoms with Crippen molar-refractivity contribution in [2.75, 3.05) is 13.1 Å². The van der Waals surface area contributed by atoms with E-state index < -0.39 is 0 Å². The molecule has 18 heavy (non-hydrogen) atoms. The van der Waals surface area contributed by atoms with Gasteiger partial charge in [0.1, 0.15) is 0 Å². The molecule has 0 bridgehead atoms. The highest BCUT2D eigenvalue weighted by molar-refractivity contribution is 5.34. The zero-order valence-electron chi connectivity index (χ0n) is 10.6. The Bertz CT molecular complexity index is 436. The van der Waals surface area contributed by atoms with E-state index in [2.05, 4.69) is 11.8 Å². The number of benzene rings is 1. The van der Waals surface area contributed by atoms with Gasteiger partial charge in [-0.15, -0.1) is 0 Å². The van der Waals surface area contributed by atoms with Crippen molar-refractivity contribution in [3.63, 3.8) is 0 Å². The fourth-order valence-electron chi connectivity index (χ4n) is 2.34. The van der Waals surface area contributed by atoms with Crippen LogP contribution in [0.1, 0.15) is 18.9 Å². The van der Waals surface area contributed by atoms with Crippen molar-refractivity contribution in [2.24, 2.45) is 11.7 Å². The summed E-state index contributed by atoms with van der Waals surface area (Å²) in [7, 11) is 0. The van der Waals surface area contributed by atoms with Gasteiger partial charge in [0.25, 0.3) is 5.69 Å². The summed E-state index contributed by atoms with van der Waals surface area (Å²) < 4.78 is 0. The minimum Gasteiger partial charge on any atom is -0.326 e. The summed E-state index contributed by atoms with van der Waals surface area (Å²) in [5.41, 5.74) is 7.18. The van der Waals surface area contributed by atoms with Crippen LogP contribution in [0.2, 0.25) is 0 Å². The van der Waals surface area contributed by atoms with Crippen LogP contribution in [0.3, 0.4) is 0 Å². The average Bonchev–Trinajstić information content (AvgIpc) is 2.34. The van der Waals surface area contributed by atoms with Crippen molar-refractivity contribution in [3.05, 3.63) is 39.9 Å². The lowest BCUT2D eigenvalue weighted by Gasteiger charge is -2.35. The number of non-ortho nitro benzene ring substituents is 1. The van der Waals surface area contributed by atoms with Crippen LogP contribution in [-0.2, 0) is 6.54 Å². The highest BCUT2D eigenvalue weighted by atomic mass is 16.6. The molecular formula is C13H19N3O2. The molecule has 0 saturated carbocycles. The van der Waals surface area contributed by atoms with Crippen LogP contribution in [0.25, 0.3) is 0 Å². The van der Waals surface area contributed by atoms with E-state index in [0.29, 0.717) is 5.92 Å². The molecule has 2 N–H and O–H groups in total. The maximum Gasteiger partial charge on any atom is 0.269 e. The molecule has 2 unspecified atom stereocenters. The number of nitrogens with zero attached hydrogens (tertiary/aromatic N) is 2. The third-order valence-corrected chi connectivity index (χ3v) is 3.63. The second kappa shape index (κ2) is 5.46. The molecule has 2 atom stereocenters. The van der Waals surface area contributed by atoms with Crippen LogP contribution < -0.4 is 5.73 Å². The van der Waals surface area contributed by atoms with Crippen LogP contribution >= 0.6 is 0 Å². The predicted octanol–water partition coefficient (Wildman–Crippen LogP) is 1.76. The molecule has 1 fully saturated rings. The molecule has 0 spiro atoms. The van der Waals surface area contributed by atoms with E-state index in [1.54, 1.807) is 12.1 Å². The number of rotatable bonds is 3. The third kappa shape index (κ3) is 3.05. The molecule has 1 aliphatic rings. The Morgan fingerprint density at radius 3 is 3.00 bits per heavy atom. The highest BCUT2D eigenvalue weighted by Crippen LogP contribution is 2.19. The zero-order valence-corrected chi connectivity index (χ0v) is 10.6. The Morgan fingerprint density at radius 2 is 2.33 bits per heavy atom. The number of nitro groups is 1. The van der Waals surface area contributed by atoms with E-state index in [-0.39, 0.29) is 16.7 Å². The number of nitrogens with two attached hydrogens (primary N) is 1. The zero-order chi connectivity index (χ0) is 13.1. The lowest BCUT2D eigenvalue weighted by atomic mass is 9.94. The molecule has 1 heterocycles. The quantitative estimate of drug-likeness (QED) is 0.654. The maximum absolute atomic E-state index is 10.7. The lowest BCUT2D eigenvalue weighted by molar-refractivity contribution is -0.384. The summed E-state index contributed by atoms with van der Waals surface area (Å²) in [6.45, 7) is 4.79. The van der Waals surface area contributed by atoms with Gasteiger partial charge in [-0.1, -0.05) is 19.1 Å². The molecule has 0 aliphatic carbocycles. The molecule has 5 heteroatoms. The van der Waals surface area contributed by atoms with Gasteiger partial charge in [0, 0.05) is 31.3 Å². The normalized spacial score (nSPS) is 25.0. The van der Waals surface area contributed by atoms with Gasteiger partial charge in [-0.3, -0.25) is 15.0 Å². The van der Waals surface area contributed by atoms with Crippen LogP contribution in [0.4, 0.5) is 5.69 Å². The van der Waals surface area contributed by atoms with Crippen LogP contribution in [0.5, 0.6) is 0 Å². The molecule has 1 aromatic rings. The van der Waals surface area contributed by atoms with E-state index in [4.69, 9.17) is 5.73 Å². The van der Waals surface area contributed by atoms with E-state index in [0.717, 1.165) is 31.6 Å². The molecule has 0 aromatic heterocycles. The van der Waals surface area contributed by atoms with Gasteiger partial charge in [0.2, 0.25) is 0 Å². The number of hydrogen-bond acceptors (Lipinski definition) is 4. The van der Waals surface area contributed by atoms with Gasteiger partial charge >= 0.3 is 0 Å². The van der Waals surface area contributed by atoms with Crippen molar-refractivity contribution >= 4 is 5.69 Å². The summed E-state index contributed by atoms with van der Waals surface area (Å²) in [5, 5.41) is 10.7. The molecular weight excluding hydrogens is 230 g/mol. The van der Waals surface area contributed by atoms with Gasteiger partial charge in [0.15, 0.2) is 0 Å². The first-order valence-corrected chi connectivity index (χ1v) is 6.27. The smallest absolute Gasteiger partial charge is 0.269 e. The summed E-state index contributed by atoms with van der Waals surface area (Å²) >= 11 is 0. The average molecular weight is 249 g/mol. The van der Waals surface area contributed by atoms with Crippen molar-refractivity contribution in [2.45, 2.75) is 25.9 Å². The first-order chi connectivity index (χ1) is 8.56. The van der Waals surface area contributed by atoms with Gasteiger partial charge in [-0.05, 0) is 24.4 Å². The number of nitro benzene ring substituents is 1. The van der Waals surface area contributed by atoms with Gasteiger partial charge in [-0.25, -0.2) is 0 Å². The van der Waals surface area contributed by atoms with E-state index in [1.165, 1.54) is 6.07 Å². The molecule has 0 amide bonds. The summed E-state index contributed by atoms with van der Waals surface area (Å²) in [4.78, 5) is 12.6. The molecule has 5 nitrogen and oxygen atoms in total. The van der Waals surface area contributed by atoms with Crippen molar-refractivity contribution in [1.82, 2.24) is 4.90 Å². The Hall–Kier alpha value is -1.46. The van der Waals surface area contributed by atoms with Crippen LogP contribution in [0.15, 0.2) is 24.3 Å². The molecule has 98 valence electrons. The van der Waals surface area contributed by atoms with Crippen LogP contribution in [-0.4, -0.2) is 29.0 Å². The summed E-state index contributed by atoms with van der Waals surface area (Å²) in [6.07, 6.45) is 1.09. The fraction of sp³-hybridized carbons (Fsp3) is 0.538. The first-order valence-electron chi connectivity index (χ1n) is 6.27. The Kier molecular flexibility index (Phi) is 3.93. The second-order valence-electron chi connectivity index (χ2n) is 5.09. The monoisotopic (exact) mass is 249 g/mol. The Labute approximate surface area is 107 Å². The van der Waals surface area contributed by atoms with Crippen molar-refractivity contribution in [1.29, 1.82) is 0 Å². The van der Waals surface area contributed by atoms with Gasteiger partial charge in [-0.2, -0.15) is 0 Å². The minimum atomic E-state index is -0.354. The van der Waals surface area contributed by atoms with Gasteiger partial charge < -0.3 is 5.73 Å². The third-order valence-electron chi connectivity index (χ3n) is 3.63. The highest BCUT2D eigenvalue weighted by Gasteiger charge is 2.23. The molecule has 1 saturated heterocycles. The van der Waals surface area contributed by atoms with Crippen molar-refractivity contribution < 1.29 is 4.92 Å². The minimum absolute atomic E-state index is 0.155. The second-order valence-corrected chi connectivity index (χ2v) is 5.09. The SMILES string of the molecule is CC1CCN(Cc2cccc([N+](=O)[O-])c2)CC1N. The summed E-state index contributed by atoms with van der Waals surface area (Å²) in [5.74, 6) is 0.561. The van der Waals surface area contributed by atoms with Crippen molar-refractivity contribution in [3.8, 4) is 0 Å². The number of likely N-dealkylation sites (tertiary alicyclic amines) is 1. The lowest BCUT2D eigenvalue weighted by Crippen LogP contribution is -2.47. The first kappa shape index (κ1) is 13.0. The maximum atomic E-state index is 10.7. The number of piperidine rings is 1. The largest absolute Gasteiger partial charge is 0.326 e. The topological polar surface area (TPSA) is 72.4 Å². The Morgan fingerprint density at radius 1 is 1.56 bits per heavy atom. The fourth-order valence-corrected chi connectivity index (χ4v) is 2.34. The van der Waals surface area contributed by atoms with E-state index in [1.807, 2.05) is 6.07 Å². The van der Waals surface area contributed by atoms with Gasteiger partial charge in [0.05, 0.1) is 4.92 Å². The van der Waals surface area contributed by atoms with E-state index >= 15 is 0 Å². The Balaban J connectivity index is 2.01.